The zero-order chi connectivity index (χ0) is 28.4. The monoisotopic (exact) mass is 660 g/mol. The summed E-state index contributed by atoms with van der Waals surface area (Å²) in [5.41, 5.74) is 2.28. The summed E-state index contributed by atoms with van der Waals surface area (Å²) in [6, 6.07) is 26.9. The number of aliphatic imine (C=N–C) groups is 4. The van der Waals surface area contributed by atoms with E-state index in [0.717, 1.165) is 0 Å². The van der Waals surface area contributed by atoms with E-state index in [1.165, 1.54) is 24.3 Å². The molecular weight excluding hydrogens is 632 g/mol. The normalized spacial score (nSPS) is 10.4. The van der Waals surface area contributed by atoms with E-state index in [2.05, 4.69) is 20.0 Å². The Morgan fingerprint density at radius 3 is 0.727 bits per heavy atom. The van der Waals surface area contributed by atoms with Crippen molar-refractivity contribution in [2.75, 3.05) is 26.2 Å². The van der Waals surface area contributed by atoms with Gasteiger partial charge in [0.2, 0.25) is 0 Å². The summed E-state index contributed by atoms with van der Waals surface area (Å²) < 4.78 is 0. The van der Waals surface area contributed by atoms with Gasteiger partial charge in [-0.3, -0.25) is 20.0 Å². The van der Waals surface area contributed by atoms with E-state index >= 15 is 0 Å². The molecule has 0 bridgehead atoms. The molecule has 0 saturated heterocycles. The Morgan fingerprint density at radius 2 is 0.545 bits per heavy atom. The predicted octanol–water partition coefficient (Wildman–Crippen LogP) is 2.50. The van der Waals surface area contributed by atoms with Crippen molar-refractivity contribution in [1.82, 2.24) is 0 Å². The second kappa shape index (κ2) is 24.5. The molecule has 0 radical (unpaired) electrons. The van der Waals surface area contributed by atoms with Crippen LogP contribution in [0.3, 0.4) is 0 Å². The Morgan fingerprint density at radius 1 is 0.364 bits per heavy atom. The van der Waals surface area contributed by atoms with Gasteiger partial charge in [-0.15, -0.1) is 23.0 Å². The first-order chi connectivity index (χ1) is 19.5. The first kappa shape index (κ1) is 42.2. The Labute approximate surface area is 286 Å². The number of hydrogen-bond acceptors (Lipinski definition) is 8. The molecule has 0 amide bonds. The number of rotatable bonds is 10. The maximum Gasteiger partial charge on any atom is 4.00 e. The van der Waals surface area contributed by atoms with Gasteiger partial charge in [0.25, 0.3) is 0 Å². The van der Waals surface area contributed by atoms with E-state index < -0.39 is 0 Å². The molecule has 4 aromatic rings. The van der Waals surface area contributed by atoms with Crippen LogP contribution in [0.4, 0.5) is 0 Å². The number of benzene rings is 4. The number of hydrogen-bond donors (Lipinski definition) is 0. The van der Waals surface area contributed by atoms with Gasteiger partial charge in [-0.1, -0.05) is 97.1 Å². The minimum Gasteiger partial charge on any atom is -2.00 e. The maximum atomic E-state index is 11.4. The zero-order valence-electron chi connectivity index (χ0n) is 23.6. The summed E-state index contributed by atoms with van der Waals surface area (Å²) in [4.78, 5) is 16.6. The topological polar surface area (TPSA) is 199 Å². The van der Waals surface area contributed by atoms with Gasteiger partial charge in [0.05, 0.1) is 26.2 Å². The van der Waals surface area contributed by atoms with Gasteiger partial charge in [-0.05, 0) is 22.3 Å². The average molecular weight is 660 g/mol. The molecule has 0 saturated carbocycles. The van der Waals surface area contributed by atoms with Crippen LogP contribution in [0.1, 0.15) is 22.3 Å². The van der Waals surface area contributed by atoms with Crippen LogP contribution in [-0.2, 0) is 54.4 Å². The largest absolute Gasteiger partial charge is 4.00 e. The SMILES string of the molecule is [O-2].[O-2].[O-]c1ccccc1C=NCCN=Cc1ccccc1[O-].[O-]c1ccccc1C=NCCN=Cc1ccccc1[O-].[Ti+4].[Ti+4]. The van der Waals surface area contributed by atoms with Crippen LogP contribution in [0, 0.1) is 0 Å². The van der Waals surface area contributed by atoms with E-state index in [-0.39, 0.29) is 77.4 Å². The van der Waals surface area contributed by atoms with Crippen LogP contribution in [0.15, 0.2) is 117 Å². The third-order valence-electron chi connectivity index (χ3n) is 5.31. The molecule has 44 heavy (non-hydrogen) atoms. The molecule has 4 aromatic carbocycles. The third kappa shape index (κ3) is 15.5. The van der Waals surface area contributed by atoms with Gasteiger partial charge in [0.1, 0.15) is 0 Å². The van der Waals surface area contributed by atoms with Crippen molar-refractivity contribution in [3.8, 4) is 23.0 Å². The van der Waals surface area contributed by atoms with Gasteiger partial charge < -0.3 is 31.4 Å². The molecule has 0 unspecified atom stereocenters. The van der Waals surface area contributed by atoms with Crippen molar-refractivity contribution in [2.24, 2.45) is 20.0 Å². The molecule has 0 aliphatic rings. The van der Waals surface area contributed by atoms with Crippen LogP contribution < -0.4 is 20.4 Å². The molecule has 0 fully saturated rings. The first-order valence-corrected chi connectivity index (χ1v) is 12.6. The minimum absolute atomic E-state index is 0. The van der Waals surface area contributed by atoms with Crippen LogP contribution in [-0.4, -0.2) is 51.0 Å². The van der Waals surface area contributed by atoms with Crippen LogP contribution in [0.5, 0.6) is 23.0 Å². The molecule has 0 aliphatic heterocycles. The summed E-state index contributed by atoms with van der Waals surface area (Å²) in [6.07, 6.45) is 6.22. The molecule has 4 rings (SSSR count). The smallest absolute Gasteiger partial charge is 2.00 e. The summed E-state index contributed by atoms with van der Waals surface area (Å²) >= 11 is 0. The molecule has 0 N–H and O–H groups in total. The van der Waals surface area contributed by atoms with Gasteiger partial charge in [0.15, 0.2) is 0 Å². The van der Waals surface area contributed by atoms with Gasteiger partial charge in [0, 0.05) is 24.9 Å². The quantitative estimate of drug-likeness (QED) is 0.143. The average Bonchev–Trinajstić information content (AvgIpc) is 2.96. The zero-order valence-corrected chi connectivity index (χ0v) is 26.7. The van der Waals surface area contributed by atoms with Crippen molar-refractivity contribution < 1.29 is 74.8 Å². The third-order valence-corrected chi connectivity index (χ3v) is 5.31. The van der Waals surface area contributed by atoms with E-state index in [4.69, 9.17) is 0 Å². The van der Waals surface area contributed by atoms with E-state index in [9.17, 15) is 20.4 Å². The predicted molar refractivity (Wildman–Crippen MR) is 155 cm³/mol. The Kier molecular flexibility index (Phi) is 23.6. The summed E-state index contributed by atoms with van der Waals surface area (Å²) in [5.74, 6) is -0.167. The second-order valence-corrected chi connectivity index (χ2v) is 8.29. The fraction of sp³-hybridized carbons (Fsp3) is 0.125. The van der Waals surface area contributed by atoms with Gasteiger partial charge in [-0.2, -0.15) is 0 Å². The maximum absolute atomic E-state index is 11.4. The van der Waals surface area contributed by atoms with Crippen molar-refractivity contribution in [3.63, 3.8) is 0 Å². The molecule has 12 heteroatoms. The van der Waals surface area contributed by atoms with Gasteiger partial charge >= 0.3 is 43.4 Å². The molecule has 0 aromatic heterocycles. The molecule has 0 heterocycles. The first-order valence-electron chi connectivity index (χ1n) is 12.6. The van der Waals surface area contributed by atoms with Crippen LogP contribution in [0.2, 0.25) is 0 Å². The van der Waals surface area contributed by atoms with Crippen LogP contribution >= 0.6 is 0 Å². The summed E-state index contributed by atoms with van der Waals surface area (Å²) in [5, 5.41) is 45.6. The molecule has 0 spiro atoms. The molecule has 220 valence electrons. The van der Waals surface area contributed by atoms with Crippen molar-refractivity contribution >= 4 is 24.9 Å². The Balaban J connectivity index is 0. The molecular formula is C32H28N4O6Ti2. The van der Waals surface area contributed by atoms with Crippen molar-refractivity contribution in [1.29, 1.82) is 0 Å². The van der Waals surface area contributed by atoms with E-state index in [1.807, 2.05) is 0 Å². The number of nitrogens with zero attached hydrogens (tertiary/aromatic N) is 4. The Bertz CT molecular complexity index is 1260. The number of para-hydroxylation sites is 4. The summed E-state index contributed by atoms with van der Waals surface area (Å²) in [6.45, 7) is 1.91. The standard InChI is InChI=1S/2C16H16N2O2.2O.2Ti/c2*19-15-7-3-1-5-13(15)11-17-9-10-18-12-14-6-2-4-8-16(14)20;;;;/h2*1-8,11-12,19-20H,9-10H2;;;;/q;;2*-2;2*+4/p-4. The molecule has 10 nitrogen and oxygen atoms in total. The fourth-order valence-electron chi connectivity index (χ4n) is 3.23. The fourth-order valence-corrected chi connectivity index (χ4v) is 3.23. The van der Waals surface area contributed by atoms with Crippen molar-refractivity contribution in [2.45, 2.75) is 0 Å². The van der Waals surface area contributed by atoms with Crippen molar-refractivity contribution in [3.05, 3.63) is 119 Å². The second-order valence-electron chi connectivity index (χ2n) is 8.29. The molecule has 0 atom stereocenters. The van der Waals surface area contributed by atoms with Gasteiger partial charge in [-0.25, -0.2) is 0 Å². The van der Waals surface area contributed by atoms with E-state index in [1.54, 1.807) is 97.7 Å². The van der Waals surface area contributed by atoms with Crippen LogP contribution in [0.25, 0.3) is 0 Å². The minimum atomic E-state index is -0.0416. The van der Waals surface area contributed by atoms with E-state index in [0.29, 0.717) is 48.4 Å². The summed E-state index contributed by atoms with van der Waals surface area (Å²) in [7, 11) is 0. The Hall–Kier alpha value is -3.89. The molecule has 0 aliphatic carbocycles.